The maximum atomic E-state index is 13.4. The molecular formula is C29H31ClN2O7. The molecule has 206 valence electrons. The predicted octanol–water partition coefficient (Wildman–Crippen LogP) is 2.78. The number of nitrogens with one attached hydrogen (secondary N) is 1. The van der Waals surface area contributed by atoms with Gasteiger partial charge in [0.05, 0.1) is 25.7 Å². The van der Waals surface area contributed by atoms with Crippen molar-refractivity contribution in [2.24, 2.45) is 0 Å². The lowest BCUT2D eigenvalue weighted by Crippen LogP contribution is -2.55. The van der Waals surface area contributed by atoms with Crippen molar-refractivity contribution in [3.05, 3.63) is 81.9 Å². The third kappa shape index (κ3) is 5.85. The van der Waals surface area contributed by atoms with E-state index in [1.54, 1.807) is 42.5 Å². The van der Waals surface area contributed by atoms with Gasteiger partial charge in [0.2, 0.25) is 11.8 Å². The number of aldehydes is 1. The van der Waals surface area contributed by atoms with Gasteiger partial charge in [0, 0.05) is 34.8 Å². The normalized spacial score (nSPS) is 21.4. The molecule has 39 heavy (non-hydrogen) atoms. The maximum absolute atomic E-state index is 13.4. The van der Waals surface area contributed by atoms with E-state index in [1.165, 1.54) is 24.2 Å². The molecule has 0 fully saturated rings. The summed E-state index contributed by atoms with van der Waals surface area (Å²) in [7, 11) is 1.44. The summed E-state index contributed by atoms with van der Waals surface area (Å²) in [6, 6.07) is 9.20. The molecule has 2 amide bonds. The standard InChI is InChI=1S/C29H31ClN2O7/c1-3-4-5-24(35)32(15-17-6-8-19(30)9-7-17)22-14-21(29(37)31-10-11-33)25-20-12-18(16-34)13-23(38-2)27(20)39-28(25)26(22)36/h4-9,12-14,16,22,25-26,28,33,36H,3,10-11,15H2,1-2H3,(H,31,37). The van der Waals surface area contributed by atoms with Gasteiger partial charge in [-0.05, 0) is 48.4 Å². The van der Waals surface area contributed by atoms with Crippen LogP contribution in [-0.2, 0) is 16.1 Å². The second-order valence-corrected chi connectivity index (χ2v) is 9.74. The number of nitrogens with zero attached hydrogens (tertiary/aromatic N) is 1. The van der Waals surface area contributed by atoms with Gasteiger partial charge in [0.15, 0.2) is 11.5 Å². The molecule has 1 aliphatic carbocycles. The molecule has 0 spiro atoms. The highest BCUT2D eigenvalue weighted by Gasteiger charge is 2.51. The van der Waals surface area contributed by atoms with Crippen molar-refractivity contribution in [3.63, 3.8) is 0 Å². The highest BCUT2D eigenvalue weighted by atomic mass is 35.5. The lowest BCUT2D eigenvalue weighted by Gasteiger charge is -2.40. The number of ether oxygens (including phenoxy) is 2. The number of hydrogen-bond acceptors (Lipinski definition) is 7. The van der Waals surface area contributed by atoms with Gasteiger partial charge in [0.25, 0.3) is 0 Å². The fourth-order valence-corrected chi connectivity index (χ4v) is 5.12. The van der Waals surface area contributed by atoms with Crippen LogP contribution in [0, 0.1) is 0 Å². The average Bonchev–Trinajstić information content (AvgIpc) is 3.34. The van der Waals surface area contributed by atoms with Gasteiger partial charge in [-0.15, -0.1) is 0 Å². The lowest BCUT2D eigenvalue weighted by atomic mass is 9.77. The fourth-order valence-electron chi connectivity index (χ4n) is 4.99. The van der Waals surface area contributed by atoms with Gasteiger partial charge >= 0.3 is 0 Å². The van der Waals surface area contributed by atoms with Crippen LogP contribution in [0.5, 0.6) is 11.5 Å². The first kappa shape index (κ1) is 28.4. The summed E-state index contributed by atoms with van der Waals surface area (Å²) in [5.41, 5.74) is 1.87. The van der Waals surface area contributed by atoms with Gasteiger partial charge in [-0.1, -0.05) is 36.7 Å². The molecule has 2 aromatic rings. The zero-order valence-corrected chi connectivity index (χ0v) is 22.4. The average molecular weight is 555 g/mol. The highest BCUT2D eigenvalue weighted by Crippen LogP contribution is 2.51. The first-order valence-electron chi connectivity index (χ1n) is 12.7. The number of aliphatic hydroxyl groups excluding tert-OH is 2. The number of rotatable bonds is 10. The Labute approximate surface area is 231 Å². The minimum Gasteiger partial charge on any atom is -0.493 e. The zero-order valence-electron chi connectivity index (χ0n) is 21.7. The van der Waals surface area contributed by atoms with E-state index in [4.69, 9.17) is 21.1 Å². The molecule has 2 aromatic carbocycles. The Hall–Kier alpha value is -3.66. The predicted molar refractivity (Wildman–Crippen MR) is 145 cm³/mol. The number of amides is 2. The van der Waals surface area contributed by atoms with Crippen molar-refractivity contribution in [2.45, 2.75) is 44.1 Å². The van der Waals surface area contributed by atoms with Crippen molar-refractivity contribution < 1.29 is 34.1 Å². The lowest BCUT2D eigenvalue weighted by molar-refractivity contribution is -0.133. The van der Waals surface area contributed by atoms with E-state index >= 15 is 0 Å². The molecule has 0 saturated heterocycles. The van der Waals surface area contributed by atoms with E-state index in [0.29, 0.717) is 40.4 Å². The molecule has 0 aromatic heterocycles. The fraction of sp³-hybridized carbons (Fsp3) is 0.345. The number of methoxy groups -OCH3 is 1. The van der Waals surface area contributed by atoms with Gasteiger partial charge < -0.3 is 29.9 Å². The molecule has 4 atom stereocenters. The Bertz CT molecular complexity index is 1290. The molecule has 0 bridgehead atoms. The molecule has 9 nitrogen and oxygen atoms in total. The van der Waals surface area contributed by atoms with Crippen LogP contribution >= 0.6 is 11.6 Å². The second kappa shape index (κ2) is 12.5. The summed E-state index contributed by atoms with van der Waals surface area (Å²) in [6.45, 7) is 1.79. The highest BCUT2D eigenvalue weighted by molar-refractivity contribution is 6.30. The summed E-state index contributed by atoms with van der Waals surface area (Å²) < 4.78 is 11.6. The molecule has 1 aliphatic heterocycles. The number of aliphatic hydroxyl groups is 2. The molecule has 10 heteroatoms. The van der Waals surface area contributed by atoms with Crippen LogP contribution < -0.4 is 14.8 Å². The van der Waals surface area contributed by atoms with E-state index in [-0.39, 0.29) is 31.2 Å². The van der Waals surface area contributed by atoms with Crippen LogP contribution in [0.4, 0.5) is 0 Å². The van der Waals surface area contributed by atoms with Crippen molar-refractivity contribution in [2.75, 3.05) is 20.3 Å². The molecular weight excluding hydrogens is 524 g/mol. The van der Waals surface area contributed by atoms with E-state index in [1.807, 2.05) is 6.92 Å². The van der Waals surface area contributed by atoms with E-state index in [0.717, 1.165) is 5.56 Å². The van der Waals surface area contributed by atoms with Crippen LogP contribution in [-0.4, -0.2) is 71.7 Å². The van der Waals surface area contributed by atoms with E-state index < -0.39 is 30.1 Å². The van der Waals surface area contributed by atoms with Crippen molar-refractivity contribution in [3.8, 4) is 11.5 Å². The SMILES string of the molecule is CCC=CC(=O)N(Cc1ccc(Cl)cc1)C1C=C(C(=O)NCCO)C2c3cc(C=O)cc(OC)c3OC2C1O. The van der Waals surface area contributed by atoms with Gasteiger partial charge in [-0.2, -0.15) is 0 Å². The number of halogens is 1. The maximum Gasteiger partial charge on any atom is 0.247 e. The summed E-state index contributed by atoms with van der Waals surface area (Å²) in [6.07, 6.45) is 3.87. The first-order chi connectivity index (χ1) is 18.8. The Morgan fingerprint density at radius 1 is 1.23 bits per heavy atom. The molecule has 4 rings (SSSR count). The van der Waals surface area contributed by atoms with Crippen LogP contribution in [0.3, 0.4) is 0 Å². The molecule has 3 N–H and O–H groups in total. The smallest absolute Gasteiger partial charge is 0.247 e. The van der Waals surface area contributed by atoms with Crippen LogP contribution in [0.2, 0.25) is 5.02 Å². The number of fused-ring (bicyclic) bond motifs is 3. The minimum absolute atomic E-state index is 0.0127. The van der Waals surface area contributed by atoms with Gasteiger partial charge in [0.1, 0.15) is 18.5 Å². The molecule has 0 saturated carbocycles. The number of benzene rings is 2. The van der Waals surface area contributed by atoms with Crippen molar-refractivity contribution in [1.82, 2.24) is 10.2 Å². The molecule has 4 unspecified atom stereocenters. The van der Waals surface area contributed by atoms with E-state index in [2.05, 4.69) is 5.32 Å². The molecule has 2 aliphatic rings. The van der Waals surface area contributed by atoms with Crippen LogP contribution in [0.15, 0.2) is 60.2 Å². The number of allylic oxidation sites excluding steroid dienone is 1. The molecule has 0 radical (unpaired) electrons. The number of carbonyl (C=O) groups excluding carboxylic acids is 3. The summed E-state index contributed by atoms with van der Waals surface area (Å²) in [5.74, 6) is -0.955. The third-order valence-corrected chi connectivity index (χ3v) is 7.07. The Morgan fingerprint density at radius 2 is 1.97 bits per heavy atom. The van der Waals surface area contributed by atoms with Gasteiger partial charge in [-0.25, -0.2) is 0 Å². The van der Waals surface area contributed by atoms with Crippen molar-refractivity contribution >= 4 is 29.7 Å². The molecule has 1 heterocycles. The Kier molecular flexibility index (Phi) is 9.06. The third-order valence-electron chi connectivity index (χ3n) is 6.82. The van der Waals surface area contributed by atoms with Crippen molar-refractivity contribution in [1.29, 1.82) is 0 Å². The zero-order chi connectivity index (χ0) is 28.1. The first-order valence-corrected chi connectivity index (χ1v) is 13.0. The number of carbonyl (C=O) groups is 3. The van der Waals surface area contributed by atoms with Crippen LogP contribution in [0.25, 0.3) is 0 Å². The second-order valence-electron chi connectivity index (χ2n) is 9.31. The van der Waals surface area contributed by atoms with Gasteiger partial charge in [-0.3, -0.25) is 14.4 Å². The Balaban J connectivity index is 1.82. The van der Waals surface area contributed by atoms with Crippen LogP contribution in [0.1, 0.15) is 40.7 Å². The Morgan fingerprint density at radius 3 is 2.62 bits per heavy atom. The monoisotopic (exact) mass is 554 g/mol. The topological polar surface area (TPSA) is 125 Å². The van der Waals surface area contributed by atoms with E-state index in [9.17, 15) is 24.6 Å². The minimum atomic E-state index is -1.23. The summed E-state index contributed by atoms with van der Waals surface area (Å²) in [5, 5.41) is 24.2. The summed E-state index contributed by atoms with van der Waals surface area (Å²) >= 11 is 6.05. The largest absolute Gasteiger partial charge is 0.493 e. The number of hydrogen-bond donors (Lipinski definition) is 3. The summed E-state index contributed by atoms with van der Waals surface area (Å²) in [4.78, 5) is 39.9. The quantitative estimate of drug-likeness (QED) is 0.304.